The van der Waals surface area contributed by atoms with Gasteiger partial charge in [0.1, 0.15) is 0 Å². The van der Waals surface area contributed by atoms with Gasteiger partial charge in [0.25, 0.3) is 0 Å². The van der Waals surface area contributed by atoms with Gasteiger partial charge in [0.2, 0.25) is 11.8 Å². The predicted octanol–water partition coefficient (Wildman–Crippen LogP) is 1.05. The first kappa shape index (κ1) is 21.4. The van der Waals surface area contributed by atoms with Gasteiger partial charge in [-0.05, 0) is 46.4 Å². The van der Waals surface area contributed by atoms with Crippen molar-refractivity contribution in [3.63, 3.8) is 0 Å². The maximum absolute atomic E-state index is 13.0. The minimum Gasteiger partial charge on any atom is -0.350 e. The Kier molecular flexibility index (Phi) is 6.64. The fourth-order valence-corrected chi connectivity index (χ4v) is 4.89. The van der Waals surface area contributed by atoms with Crippen LogP contribution in [0, 0.1) is 0 Å². The normalized spacial score (nSPS) is 19.1. The molecule has 1 saturated heterocycles. The van der Waals surface area contributed by atoms with Crippen molar-refractivity contribution in [1.29, 1.82) is 0 Å². The molecule has 1 heterocycles. The lowest BCUT2D eigenvalue weighted by Crippen LogP contribution is -2.49. The molecule has 0 unspecified atom stereocenters. The molecule has 2 rings (SSSR count). The molecule has 0 bridgehead atoms. The van der Waals surface area contributed by atoms with E-state index < -0.39 is 9.84 Å². The third kappa shape index (κ3) is 6.62. The van der Waals surface area contributed by atoms with E-state index in [0.717, 1.165) is 0 Å². The molecule has 2 amide bonds. The molecule has 1 N–H and O–H groups in total. The number of benzene rings is 1. The number of anilines is 1. The summed E-state index contributed by atoms with van der Waals surface area (Å²) >= 11 is 0. The zero-order valence-electron chi connectivity index (χ0n) is 16.4. The fraction of sp³-hybridized carbons (Fsp3) is 0.579. The van der Waals surface area contributed by atoms with Crippen molar-refractivity contribution in [3.05, 3.63) is 30.3 Å². The van der Waals surface area contributed by atoms with Crippen LogP contribution in [0.4, 0.5) is 5.69 Å². The Bertz CT molecular complexity index is 772. The van der Waals surface area contributed by atoms with E-state index in [9.17, 15) is 18.0 Å². The highest BCUT2D eigenvalue weighted by Gasteiger charge is 2.35. The summed E-state index contributed by atoms with van der Waals surface area (Å²) in [6, 6.07) is 8.71. The molecule has 1 aliphatic rings. The second-order valence-electron chi connectivity index (χ2n) is 8.13. The molecule has 150 valence electrons. The summed E-state index contributed by atoms with van der Waals surface area (Å²) < 4.78 is 23.8. The summed E-state index contributed by atoms with van der Waals surface area (Å²) in [5.74, 6) is -0.304. The molecule has 8 heteroatoms. The second-order valence-corrected chi connectivity index (χ2v) is 10.4. The lowest BCUT2D eigenvalue weighted by atomic mass is 10.1. The molecule has 0 aliphatic carbocycles. The van der Waals surface area contributed by atoms with E-state index in [4.69, 9.17) is 0 Å². The predicted molar refractivity (Wildman–Crippen MR) is 106 cm³/mol. The van der Waals surface area contributed by atoms with Gasteiger partial charge >= 0.3 is 0 Å². The number of carbonyl (C=O) groups is 2. The molecular weight excluding hydrogens is 366 g/mol. The van der Waals surface area contributed by atoms with Gasteiger partial charge < -0.3 is 10.2 Å². The van der Waals surface area contributed by atoms with Crippen LogP contribution in [-0.2, 0) is 19.4 Å². The maximum Gasteiger partial charge on any atom is 0.241 e. The van der Waals surface area contributed by atoms with E-state index in [0.29, 0.717) is 12.1 Å². The molecule has 1 atom stereocenters. The number of hydrogen-bond acceptors (Lipinski definition) is 5. The van der Waals surface area contributed by atoms with Crippen LogP contribution in [0.5, 0.6) is 0 Å². The number of nitrogens with zero attached hydrogens (tertiary/aromatic N) is 2. The largest absolute Gasteiger partial charge is 0.350 e. The average Bonchev–Trinajstić information content (AvgIpc) is 2.86. The highest BCUT2D eigenvalue weighted by atomic mass is 32.2. The van der Waals surface area contributed by atoms with E-state index in [1.807, 2.05) is 39.0 Å². The lowest BCUT2D eigenvalue weighted by molar-refractivity contribution is -0.124. The SMILES string of the molecule is CN(CC(=O)NC(C)(C)C)CC(=O)N(c1ccccc1)[C@@H]1CCS(=O)(=O)C1. The van der Waals surface area contributed by atoms with Crippen LogP contribution in [0.3, 0.4) is 0 Å². The van der Waals surface area contributed by atoms with E-state index >= 15 is 0 Å². The molecule has 0 spiro atoms. The molecule has 0 radical (unpaired) electrons. The van der Waals surface area contributed by atoms with Crippen LogP contribution >= 0.6 is 0 Å². The quantitative estimate of drug-likeness (QED) is 0.778. The summed E-state index contributed by atoms with van der Waals surface area (Å²) in [4.78, 5) is 28.3. The molecule has 1 fully saturated rings. The van der Waals surface area contributed by atoms with Crippen molar-refractivity contribution in [3.8, 4) is 0 Å². The zero-order valence-corrected chi connectivity index (χ0v) is 17.3. The van der Waals surface area contributed by atoms with E-state index in [2.05, 4.69) is 5.32 Å². The topological polar surface area (TPSA) is 86.8 Å². The minimum atomic E-state index is -3.12. The molecular formula is C19H29N3O4S. The van der Waals surface area contributed by atoms with Gasteiger partial charge in [-0.15, -0.1) is 0 Å². The van der Waals surface area contributed by atoms with Gasteiger partial charge in [-0.1, -0.05) is 18.2 Å². The summed E-state index contributed by atoms with van der Waals surface area (Å²) in [5.41, 5.74) is 0.341. The first-order valence-electron chi connectivity index (χ1n) is 9.04. The van der Waals surface area contributed by atoms with Crippen LogP contribution in [0.2, 0.25) is 0 Å². The third-order valence-electron chi connectivity index (χ3n) is 4.21. The van der Waals surface area contributed by atoms with Crippen LogP contribution in [-0.4, -0.2) is 68.4 Å². The van der Waals surface area contributed by atoms with Crippen molar-refractivity contribution in [2.45, 2.75) is 38.8 Å². The smallest absolute Gasteiger partial charge is 0.241 e. The second kappa shape index (κ2) is 8.39. The van der Waals surface area contributed by atoms with Crippen molar-refractivity contribution >= 4 is 27.3 Å². The number of amides is 2. The Hall–Kier alpha value is -1.93. The van der Waals surface area contributed by atoms with Crippen LogP contribution in [0.1, 0.15) is 27.2 Å². The summed E-state index contributed by atoms with van der Waals surface area (Å²) in [5, 5.41) is 2.87. The number of para-hydroxylation sites is 1. The van der Waals surface area contributed by atoms with Crippen LogP contribution in [0.25, 0.3) is 0 Å². The molecule has 27 heavy (non-hydrogen) atoms. The van der Waals surface area contributed by atoms with Crippen molar-refractivity contribution in [2.75, 3.05) is 36.5 Å². The van der Waals surface area contributed by atoms with Crippen molar-refractivity contribution < 1.29 is 18.0 Å². The minimum absolute atomic E-state index is 0.0259. The highest BCUT2D eigenvalue weighted by molar-refractivity contribution is 7.91. The number of carbonyl (C=O) groups excluding carboxylic acids is 2. The number of likely N-dealkylation sites (N-methyl/N-ethyl adjacent to an activating group) is 1. The van der Waals surface area contributed by atoms with Crippen molar-refractivity contribution in [1.82, 2.24) is 10.2 Å². The number of rotatable bonds is 6. The number of hydrogen-bond donors (Lipinski definition) is 1. The Morgan fingerprint density at radius 2 is 1.78 bits per heavy atom. The van der Waals surface area contributed by atoms with Gasteiger partial charge in [0.15, 0.2) is 9.84 Å². The standard InChI is InChI=1S/C19H29N3O4S/c1-19(2,3)20-17(23)12-21(4)13-18(24)22(15-8-6-5-7-9-15)16-10-11-27(25,26)14-16/h5-9,16H,10-14H2,1-4H3,(H,20,23)/t16-/m1/s1. The summed E-state index contributed by atoms with van der Waals surface area (Å²) in [6.07, 6.45) is 0.428. The van der Waals surface area contributed by atoms with Crippen molar-refractivity contribution in [2.24, 2.45) is 0 Å². The van der Waals surface area contributed by atoms with Crippen LogP contribution < -0.4 is 10.2 Å². The number of sulfone groups is 1. The number of nitrogens with one attached hydrogen (secondary N) is 1. The molecule has 1 aromatic rings. The Labute approximate surface area is 161 Å². The van der Waals surface area contributed by atoms with Gasteiger partial charge in [-0.2, -0.15) is 0 Å². The summed E-state index contributed by atoms with van der Waals surface area (Å²) in [7, 11) is -1.42. The molecule has 0 aromatic heterocycles. The highest BCUT2D eigenvalue weighted by Crippen LogP contribution is 2.24. The zero-order chi connectivity index (χ0) is 20.2. The van der Waals surface area contributed by atoms with E-state index in [-0.39, 0.29) is 48.0 Å². The van der Waals surface area contributed by atoms with Gasteiger partial charge in [-0.3, -0.25) is 14.5 Å². The van der Waals surface area contributed by atoms with E-state index in [1.165, 1.54) is 0 Å². The molecule has 1 aliphatic heterocycles. The van der Waals surface area contributed by atoms with Gasteiger partial charge in [-0.25, -0.2) is 8.42 Å². The molecule has 0 saturated carbocycles. The van der Waals surface area contributed by atoms with Gasteiger partial charge in [0, 0.05) is 11.2 Å². The first-order valence-corrected chi connectivity index (χ1v) is 10.9. The molecule has 7 nitrogen and oxygen atoms in total. The van der Waals surface area contributed by atoms with E-state index in [1.54, 1.807) is 29.0 Å². The third-order valence-corrected chi connectivity index (χ3v) is 5.96. The summed E-state index contributed by atoms with van der Waals surface area (Å²) in [6.45, 7) is 5.81. The first-order chi connectivity index (χ1) is 12.5. The Morgan fingerprint density at radius 1 is 1.15 bits per heavy atom. The maximum atomic E-state index is 13.0. The fourth-order valence-electron chi connectivity index (χ4n) is 3.19. The lowest BCUT2D eigenvalue weighted by Gasteiger charge is -2.30. The van der Waals surface area contributed by atoms with Gasteiger partial charge in [0.05, 0.1) is 30.6 Å². The monoisotopic (exact) mass is 395 g/mol. The average molecular weight is 396 g/mol. The Balaban J connectivity index is 2.09. The molecule has 1 aromatic carbocycles. The van der Waals surface area contributed by atoms with Crippen LogP contribution in [0.15, 0.2) is 30.3 Å². The Morgan fingerprint density at radius 3 is 2.30 bits per heavy atom.